The molecule has 2 aliphatic heterocycles. The number of fused-ring (bicyclic) bond motifs is 4. The van der Waals surface area contributed by atoms with Crippen LogP contribution in [0.15, 0.2) is 60.7 Å². The van der Waals surface area contributed by atoms with Crippen molar-refractivity contribution >= 4 is 11.8 Å². The van der Waals surface area contributed by atoms with Crippen LogP contribution >= 0.6 is 0 Å². The van der Waals surface area contributed by atoms with Gasteiger partial charge in [0.05, 0.1) is 33.3 Å². The van der Waals surface area contributed by atoms with Crippen LogP contribution in [0.5, 0.6) is 17.2 Å². The number of benzene rings is 3. The molecule has 2 aliphatic rings. The van der Waals surface area contributed by atoms with E-state index in [1.807, 2.05) is 59.5 Å². The summed E-state index contributed by atoms with van der Waals surface area (Å²) in [7, 11) is 4.81. The fraction of sp³-hybridized carbons (Fsp3) is 0.286. The van der Waals surface area contributed by atoms with Crippen LogP contribution in [0.3, 0.4) is 0 Å². The Labute approximate surface area is 204 Å². The first-order chi connectivity index (χ1) is 17.0. The molecule has 0 bridgehead atoms. The van der Waals surface area contributed by atoms with Crippen LogP contribution in [0.1, 0.15) is 44.6 Å². The first-order valence-electron chi connectivity index (χ1n) is 11.6. The minimum atomic E-state index is -0.563. The van der Waals surface area contributed by atoms with Gasteiger partial charge < -0.3 is 24.4 Å². The van der Waals surface area contributed by atoms with Crippen LogP contribution in [-0.2, 0) is 17.8 Å². The number of carbonyl (C=O) groups excluding carboxylic acids is 2. The lowest BCUT2D eigenvalue weighted by Gasteiger charge is -2.45. The van der Waals surface area contributed by atoms with Gasteiger partial charge in [0.25, 0.3) is 5.91 Å². The van der Waals surface area contributed by atoms with Crippen molar-refractivity contribution in [2.75, 3.05) is 27.9 Å². The highest BCUT2D eigenvalue weighted by Gasteiger charge is 2.46. The summed E-state index contributed by atoms with van der Waals surface area (Å²) >= 11 is 0. The number of nitrogens with zero attached hydrogens (tertiary/aromatic N) is 1. The van der Waals surface area contributed by atoms with Crippen LogP contribution in [0, 0.1) is 0 Å². The van der Waals surface area contributed by atoms with Crippen molar-refractivity contribution in [1.29, 1.82) is 0 Å². The number of amides is 2. The van der Waals surface area contributed by atoms with Crippen LogP contribution in [0.2, 0.25) is 0 Å². The van der Waals surface area contributed by atoms with Crippen LogP contribution in [0.25, 0.3) is 0 Å². The molecular formula is C28H28N2O5. The summed E-state index contributed by atoms with van der Waals surface area (Å²) in [6.07, 6.45) is 0.679. The third kappa shape index (κ3) is 3.97. The molecule has 2 atom stereocenters. The average Bonchev–Trinajstić information content (AvgIpc) is 2.91. The third-order valence-electron chi connectivity index (χ3n) is 6.91. The van der Waals surface area contributed by atoms with E-state index in [-0.39, 0.29) is 11.8 Å². The Morgan fingerprint density at radius 3 is 2.49 bits per heavy atom. The molecule has 0 radical (unpaired) electrons. The minimum Gasteiger partial charge on any atom is -0.497 e. The maximum atomic E-state index is 13.8. The van der Waals surface area contributed by atoms with Crippen molar-refractivity contribution in [3.8, 4) is 17.2 Å². The largest absolute Gasteiger partial charge is 0.497 e. The lowest BCUT2D eigenvalue weighted by atomic mass is 9.75. The van der Waals surface area contributed by atoms with E-state index >= 15 is 0 Å². The number of rotatable bonds is 6. The zero-order chi connectivity index (χ0) is 24.5. The lowest BCUT2D eigenvalue weighted by molar-refractivity contribution is -0.124. The Kier molecular flexibility index (Phi) is 6.07. The molecule has 0 unspecified atom stereocenters. The predicted octanol–water partition coefficient (Wildman–Crippen LogP) is 3.87. The fourth-order valence-corrected chi connectivity index (χ4v) is 5.22. The Bertz CT molecular complexity index is 1290. The molecule has 0 saturated carbocycles. The second-order valence-corrected chi connectivity index (χ2v) is 8.73. The van der Waals surface area contributed by atoms with Gasteiger partial charge >= 0.3 is 0 Å². The van der Waals surface area contributed by atoms with Crippen LogP contribution in [0.4, 0.5) is 0 Å². The summed E-state index contributed by atoms with van der Waals surface area (Å²) < 4.78 is 16.4. The number of hydrogen-bond acceptors (Lipinski definition) is 5. The molecule has 180 valence electrons. The molecule has 7 nitrogen and oxygen atoms in total. The molecule has 0 spiro atoms. The molecule has 1 N–H and O–H groups in total. The van der Waals surface area contributed by atoms with Crippen molar-refractivity contribution < 1.29 is 23.8 Å². The lowest BCUT2D eigenvalue weighted by Crippen LogP contribution is -2.50. The standard InChI is InChI=1S/C28H28N2O5/c1-33-19-8-6-7-17(13-19)16-29-27(31)25-20-9-4-5-10-21(20)28(32)30-12-11-18-14-23(34-2)24(35-3)15-22(18)26(25)30/h4-10,13-15,25-26H,11-12,16H2,1-3H3,(H,29,31)/t25-,26+/m1/s1. The topological polar surface area (TPSA) is 77.1 Å². The summed E-state index contributed by atoms with van der Waals surface area (Å²) in [4.78, 5) is 29.1. The molecular weight excluding hydrogens is 444 g/mol. The summed E-state index contributed by atoms with van der Waals surface area (Å²) in [6, 6.07) is 18.5. The molecule has 0 fully saturated rings. The van der Waals surface area contributed by atoms with Crippen molar-refractivity contribution in [3.63, 3.8) is 0 Å². The number of methoxy groups -OCH3 is 3. The molecule has 5 rings (SSSR count). The monoisotopic (exact) mass is 472 g/mol. The minimum absolute atomic E-state index is 0.0529. The highest BCUT2D eigenvalue weighted by molar-refractivity contribution is 6.01. The van der Waals surface area contributed by atoms with Gasteiger partial charge in [-0.05, 0) is 59.0 Å². The van der Waals surface area contributed by atoms with Gasteiger partial charge in [0.2, 0.25) is 5.91 Å². The molecule has 3 aromatic carbocycles. The Morgan fingerprint density at radius 2 is 1.71 bits per heavy atom. The molecule has 0 aromatic heterocycles. The summed E-state index contributed by atoms with van der Waals surface area (Å²) in [5.41, 5.74) is 4.23. The Morgan fingerprint density at radius 1 is 0.943 bits per heavy atom. The zero-order valence-corrected chi connectivity index (χ0v) is 20.0. The van der Waals surface area contributed by atoms with Gasteiger partial charge in [-0.15, -0.1) is 0 Å². The van der Waals surface area contributed by atoms with E-state index in [2.05, 4.69) is 5.32 Å². The first-order valence-corrected chi connectivity index (χ1v) is 11.6. The highest BCUT2D eigenvalue weighted by Crippen LogP contribution is 2.48. The Hall–Kier alpha value is -4.00. The van der Waals surface area contributed by atoms with E-state index in [1.54, 1.807) is 27.4 Å². The number of hydrogen-bond donors (Lipinski definition) is 1. The van der Waals surface area contributed by atoms with Gasteiger partial charge in [-0.1, -0.05) is 30.3 Å². The zero-order valence-electron chi connectivity index (χ0n) is 20.0. The van der Waals surface area contributed by atoms with Crippen molar-refractivity contribution in [3.05, 3.63) is 88.5 Å². The van der Waals surface area contributed by atoms with Gasteiger partial charge in [0, 0.05) is 18.7 Å². The molecule has 7 heteroatoms. The smallest absolute Gasteiger partial charge is 0.254 e. The third-order valence-corrected chi connectivity index (χ3v) is 6.91. The van der Waals surface area contributed by atoms with Crippen molar-refractivity contribution in [1.82, 2.24) is 10.2 Å². The van der Waals surface area contributed by atoms with E-state index in [0.717, 1.165) is 28.0 Å². The normalized spacial score (nSPS) is 18.1. The molecule has 0 saturated heterocycles. The maximum absolute atomic E-state index is 13.8. The molecule has 2 heterocycles. The average molecular weight is 473 g/mol. The number of nitrogens with one attached hydrogen (secondary N) is 1. The van der Waals surface area contributed by atoms with Gasteiger partial charge in [-0.2, -0.15) is 0 Å². The molecule has 2 amide bonds. The summed E-state index contributed by atoms with van der Waals surface area (Å²) in [6.45, 7) is 0.883. The quantitative estimate of drug-likeness (QED) is 0.590. The van der Waals surface area contributed by atoms with Crippen molar-refractivity contribution in [2.45, 2.75) is 24.9 Å². The van der Waals surface area contributed by atoms with E-state index < -0.39 is 12.0 Å². The Balaban J connectivity index is 1.56. The number of carbonyl (C=O) groups is 2. The summed E-state index contributed by atoms with van der Waals surface area (Å²) in [5, 5.41) is 3.10. The van der Waals surface area contributed by atoms with Gasteiger partial charge in [0.15, 0.2) is 11.5 Å². The van der Waals surface area contributed by atoms with Gasteiger partial charge in [-0.25, -0.2) is 0 Å². The fourth-order valence-electron chi connectivity index (χ4n) is 5.22. The molecule has 0 aliphatic carbocycles. The SMILES string of the molecule is COc1cccc(CNC(=O)[C@@H]2c3ccccc3C(=O)N3CCc4cc(OC)c(OC)cc4[C@@H]23)c1. The highest BCUT2D eigenvalue weighted by atomic mass is 16.5. The second-order valence-electron chi connectivity index (χ2n) is 8.73. The molecule has 3 aromatic rings. The van der Waals surface area contributed by atoms with Gasteiger partial charge in [-0.3, -0.25) is 9.59 Å². The van der Waals surface area contributed by atoms with E-state index in [9.17, 15) is 9.59 Å². The van der Waals surface area contributed by atoms with E-state index in [0.29, 0.717) is 36.6 Å². The summed E-state index contributed by atoms with van der Waals surface area (Å²) in [5.74, 6) is 1.20. The predicted molar refractivity (Wildman–Crippen MR) is 131 cm³/mol. The van der Waals surface area contributed by atoms with Gasteiger partial charge in [0.1, 0.15) is 5.75 Å². The first kappa shape index (κ1) is 22.8. The van der Waals surface area contributed by atoms with E-state index in [1.165, 1.54) is 0 Å². The van der Waals surface area contributed by atoms with Crippen LogP contribution < -0.4 is 19.5 Å². The number of ether oxygens (including phenoxy) is 3. The maximum Gasteiger partial charge on any atom is 0.254 e. The van der Waals surface area contributed by atoms with Crippen molar-refractivity contribution in [2.24, 2.45) is 0 Å². The second kappa shape index (κ2) is 9.33. The van der Waals surface area contributed by atoms with E-state index in [4.69, 9.17) is 14.2 Å². The van der Waals surface area contributed by atoms with Crippen LogP contribution in [-0.4, -0.2) is 44.6 Å². The molecule has 35 heavy (non-hydrogen) atoms.